The first-order chi connectivity index (χ1) is 12.1. The van der Waals surface area contributed by atoms with Crippen LogP contribution in [-0.2, 0) is 29.7 Å². The smallest absolute Gasteiger partial charge is 0.481 e. The second kappa shape index (κ2) is 7.83. The first-order valence-electron chi connectivity index (χ1n) is 7.23. The number of carbonyl (C=O) groups is 2. The van der Waals surface area contributed by atoms with Crippen LogP contribution in [0.15, 0.2) is 17.9 Å². The van der Waals surface area contributed by atoms with Crippen LogP contribution in [0.1, 0.15) is 22.3 Å². The number of halogens is 3. The van der Waals surface area contributed by atoms with Gasteiger partial charge in [-0.1, -0.05) is 0 Å². The van der Waals surface area contributed by atoms with Gasteiger partial charge in [-0.15, -0.1) is 11.3 Å². The van der Waals surface area contributed by atoms with E-state index in [4.69, 9.17) is 9.90 Å². The molecule has 3 rings (SSSR count). The number of imidazole rings is 1. The second-order valence-electron chi connectivity index (χ2n) is 5.48. The highest BCUT2D eigenvalue weighted by atomic mass is 32.1. The Hall–Kier alpha value is -2.47. The third-order valence-electron chi connectivity index (χ3n) is 3.59. The van der Waals surface area contributed by atoms with Crippen LogP contribution in [0.3, 0.4) is 0 Å². The van der Waals surface area contributed by atoms with Gasteiger partial charge in [-0.25, -0.2) is 14.8 Å². The predicted molar refractivity (Wildman–Crippen MR) is 83.5 cm³/mol. The van der Waals surface area contributed by atoms with E-state index in [0.717, 1.165) is 16.4 Å². The maximum Gasteiger partial charge on any atom is 0.490 e. The minimum Gasteiger partial charge on any atom is -0.481 e. The summed E-state index contributed by atoms with van der Waals surface area (Å²) >= 11 is 1.59. The zero-order valence-corrected chi connectivity index (χ0v) is 14.3. The van der Waals surface area contributed by atoms with Gasteiger partial charge in [0, 0.05) is 31.7 Å². The standard InChI is InChI=1S/C12H14N4O2S.C2HF3O2/c1-15-7-14-9-5-16(6-10-13-2-3-19-10)4-8(11(9)15)12(17)18;3-2(4,5)1(6)7/h2-3,7-8H,4-6H2,1H3,(H,17,18);(H,6,7). The van der Waals surface area contributed by atoms with E-state index < -0.39 is 24.0 Å². The number of hydrogen-bond donors (Lipinski definition) is 2. The third-order valence-corrected chi connectivity index (χ3v) is 4.35. The lowest BCUT2D eigenvalue weighted by molar-refractivity contribution is -0.192. The number of fused-ring (bicyclic) bond motifs is 1. The van der Waals surface area contributed by atoms with Gasteiger partial charge in [0.15, 0.2) is 0 Å². The zero-order valence-electron chi connectivity index (χ0n) is 13.5. The quantitative estimate of drug-likeness (QED) is 0.818. The number of aryl methyl sites for hydroxylation is 1. The monoisotopic (exact) mass is 392 g/mol. The van der Waals surface area contributed by atoms with Gasteiger partial charge in [0.05, 0.1) is 24.3 Å². The zero-order chi connectivity index (χ0) is 19.5. The fraction of sp³-hybridized carbons (Fsp3) is 0.429. The molecule has 0 aliphatic carbocycles. The van der Waals surface area contributed by atoms with Crippen LogP contribution < -0.4 is 0 Å². The molecule has 0 amide bonds. The number of nitrogens with zero attached hydrogens (tertiary/aromatic N) is 4. The van der Waals surface area contributed by atoms with Gasteiger partial charge in [-0.3, -0.25) is 9.69 Å². The molecule has 0 saturated carbocycles. The van der Waals surface area contributed by atoms with Crippen LogP contribution in [0.25, 0.3) is 0 Å². The SMILES string of the molecule is Cn1cnc2c1C(C(=O)O)CN(Cc1nccs1)C2.O=C(O)C(F)(F)F. The van der Waals surface area contributed by atoms with Crippen molar-refractivity contribution < 1.29 is 33.0 Å². The molecular formula is C14H15F3N4O4S. The van der Waals surface area contributed by atoms with Gasteiger partial charge in [-0.05, 0) is 0 Å². The molecule has 1 atom stereocenters. The van der Waals surface area contributed by atoms with Crippen LogP contribution in [0, 0.1) is 0 Å². The summed E-state index contributed by atoms with van der Waals surface area (Å²) in [4.78, 5) is 31.0. The van der Waals surface area contributed by atoms with E-state index in [1.165, 1.54) is 0 Å². The van der Waals surface area contributed by atoms with E-state index >= 15 is 0 Å². The van der Waals surface area contributed by atoms with Crippen LogP contribution in [-0.4, -0.2) is 54.3 Å². The lowest BCUT2D eigenvalue weighted by Crippen LogP contribution is -2.37. The van der Waals surface area contributed by atoms with Crippen LogP contribution in [0.2, 0.25) is 0 Å². The van der Waals surface area contributed by atoms with Crippen LogP contribution >= 0.6 is 11.3 Å². The molecule has 0 saturated heterocycles. The van der Waals surface area contributed by atoms with Gasteiger partial charge in [0.25, 0.3) is 0 Å². The minimum absolute atomic E-state index is 0.501. The highest BCUT2D eigenvalue weighted by Gasteiger charge is 2.38. The molecule has 1 aliphatic heterocycles. The summed E-state index contributed by atoms with van der Waals surface area (Å²) in [5.74, 6) is -4.07. The van der Waals surface area contributed by atoms with Crippen molar-refractivity contribution in [1.82, 2.24) is 19.4 Å². The van der Waals surface area contributed by atoms with E-state index in [1.54, 1.807) is 23.9 Å². The molecule has 1 aliphatic rings. The molecule has 2 aromatic heterocycles. The summed E-state index contributed by atoms with van der Waals surface area (Å²) in [6, 6.07) is 0. The molecule has 8 nitrogen and oxygen atoms in total. The van der Waals surface area contributed by atoms with E-state index in [-0.39, 0.29) is 0 Å². The van der Waals surface area contributed by atoms with Gasteiger partial charge < -0.3 is 14.8 Å². The second-order valence-corrected chi connectivity index (χ2v) is 6.46. The lowest BCUT2D eigenvalue weighted by atomic mass is 9.98. The number of thiazole rings is 1. The van der Waals surface area contributed by atoms with Crippen LogP contribution in [0.5, 0.6) is 0 Å². The molecule has 0 radical (unpaired) electrons. The Morgan fingerprint density at radius 1 is 1.35 bits per heavy atom. The number of alkyl halides is 3. The van der Waals surface area contributed by atoms with Crippen molar-refractivity contribution in [3.63, 3.8) is 0 Å². The summed E-state index contributed by atoms with van der Waals surface area (Å²) in [6.07, 6.45) is -1.63. The maximum absolute atomic E-state index is 11.4. The Bertz CT molecular complexity index is 776. The third kappa shape index (κ3) is 4.79. The molecule has 0 aromatic carbocycles. The largest absolute Gasteiger partial charge is 0.490 e. The molecule has 0 fully saturated rings. The Labute approximate surface area is 149 Å². The number of hydrogen-bond acceptors (Lipinski definition) is 6. The van der Waals surface area contributed by atoms with Gasteiger partial charge in [0.1, 0.15) is 10.9 Å². The van der Waals surface area contributed by atoms with Crippen molar-refractivity contribution >= 4 is 23.3 Å². The highest BCUT2D eigenvalue weighted by molar-refractivity contribution is 7.09. The normalized spacial score (nSPS) is 17.2. The summed E-state index contributed by atoms with van der Waals surface area (Å²) in [5, 5.41) is 19.4. The molecule has 3 heterocycles. The fourth-order valence-electron chi connectivity index (χ4n) is 2.52. The van der Waals surface area contributed by atoms with E-state index in [2.05, 4.69) is 14.9 Å². The summed E-state index contributed by atoms with van der Waals surface area (Å²) in [7, 11) is 1.85. The minimum atomic E-state index is -5.08. The molecule has 1 unspecified atom stereocenters. The number of aliphatic carboxylic acids is 2. The summed E-state index contributed by atoms with van der Waals surface area (Å²) in [6.45, 7) is 1.86. The summed E-state index contributed by atoms with van der Waals surface area (Å²) in [5.41, 5.74) is 1.68. The average Bonchev–Trinajstić information content (AvgIpc) is 3.16. The molecule has 0 spiro atoms. The highest BCUT2D eigenvalue weighted by Crippen LogP contribution is 2.28. The maximum atomic E-state index is 11.4. The van der Waals surface area contributed by atoms with Crippen molar-refractivity contribution in [2.45, 2.75) is 25.2 Å². The van der Waals surface area contributed by atoms with E-state index in [0.29, 0.717) is 19.6 Å². The van der Waals surface area contributed by atoms with Crippen molar-refractivity contribution in [2.75, 3.05) is 6.54 Å². The van der Waals surface area contributed by atoms with Crippen molar-refractivity contribution in [2.24, 2.45) is 7.05 Å². The fourth-order valence-corrected chi connectivity index (χ4v) is 3.17. The topological polar surface area (TPSA) is 109 Å². The molecule has 142 valence electrons. The van der Waals surface area contributed by atoms with E-state index in [1.807, 2.05) is 17.0 Å². The van der Waals surface area contributed by atoms with E-state index in [9.17, 15) is 23.1 Å². The lowest BCUT2D eigenvalue weighted by Gasteiger charge is -2.30. The molecule has 0 bridgehead atoms. The average molecular weight is 392 g/mol. The van der Waals surface area contributed by atoms with Crippen molar-refractivity contribution in [3.05, 3.63) is 34.3 Å². The van der Waals surface area contributed by atoms with Crippen LogP contribution in [0.4, 0.5) is 13.2 Å². The molecular weight excluding hydrogens is 377 g/mol. The summed E-state index contributed by atoms with van der Waals surface area (Å²) < 4.78 is 33.6. The number of carboxylic acids is 2. The number of aromatic nitrogens is 3. The predicted octanol–water partition coefficient (Wildman–Crippen LogP) is 1.69. The first kappa shape index (κ1) is 19.8. The van der Waals surface area contributed by atoms with Crippen molar-refractivity contribution in [3.8, 4) is 0 Å². The van der Waals surface area contributed by atoms with Gasteiger partial charge in [0.2, 0.25) is 0 Å². The Morgan fingerprint density at radius 3 is 2.50 bits per heavy atom. The molecule has 12 heteroatoms. The van der Waals surface area contributed by atoms with Gasteiger partial charge >= 0.3 is 18.1 Å². The first-order valence-corrected chi connectivity index (χ1v) is 8.11. The number of carboxylic acid groups (broad SMARTS) is 2. The molecule has 26 heavy (non-hydrogen) atoms. The van der Waals surface area contributed by atoms with Gasteiger partial charge in [-0.2, -0.15) is 13.2 Å². The van der Waals surface area contributed by atoms with Crippen molar-refractivity contribution in [1.29, 1.82) is 0 Å². The molecule has 2 aromatic rings. The Balaban J connectivity index is 0.000000298. The Kier molecular flexibility index (Phi) is 5.97. The number of rotatable bonds is 3. The molecule has 2 N–H and O–H groups in total. The Morgan fingerprint density at radius 2 is 2.00 bits per heavy atom.